The average Bonchev–Trinajstić information content (AvgIpc) is 3.04. The lowest BCUT2D eigenvalue weighted by Gasteiger charge is -2.18. The third kappa shape index (κ3) is 4.02. The Morgan fingerprint density at radius 2 is 2.00 bits per heavy atom. The van der Waals surface area contributed by atoms with Gasteiger partial charge in [-0.25, -0.2) is 0 Å². The summed E-state index contributed by atoms with van der Waals surface area (Å²) < 4.78 is 16.1. The molecule has 1 heterocycles. The number of carbonyl (C=O) groups is 1. The maximum Gasteiger partial charge on any atom is 0.261 e. The Kier molecular flexibility index (Phi) is 5.26. The first-order valence-electron chi connectivity index (χ1n) is 6.84. The molecule has 0 aliphatic rings. The summed E-state index contributed by atoms with van der Waals surface area (Å²) in [6.45, 7) is 2.24. The molecule has 0 aliphatic heterocycles. The minimum absolute atomic E-state index is 0.181. The van der Waals surface area contributed by atoms with Gasteiger partial charge in [-0.05, 0) is 30.7 Å². The molecular formula is C16H19NO4. The third-order valence-corrected chi connectivity index (χ3v) is 3.02. The van der Waals surface area contributed by atoms with E-state index in [2.05, 4.69) is 5.32 Å². The number of methoxy groups -OCH3 is 1. The Hall–Kier alpha value is -2.43. The maximum absolute atomic E-state index is 12.2. The second-order valence-corrected chi connectivity index (χ2v) is 4.46. The molecule has 0 saturated carbocycles. The van der Waals surface area contributed by atoms with Crippen LogP contribution < -0.4 is 14.8 Å². The van der Waals surface area contributed by atoms with E-state index in [1.165, 1.54) is 0 Å². The van der Waals surface area contributed by atoms with E-state index in [1.807, 2.05) is 25.1 Å². The summed E-state index contributed by atoms with van der Waals surface area (Å²) >= 11 is 0. The number of nitrogens with one attached hydrogen (secondary N) is 1. The molecule has 0 bridgehead atoms. The molecule has 2 rings (SSSR count). The molecule has 1 atom stereocenters. The molecule has 5 heteroatoms. The van der Waals surface area contributed by atoms with Gasteiger partial charge in [-0.15, -0.1) is 0 Å². The molecule has 1 amide bonds. The van der Waals surface area contributed by atoms with E-state index in [4.69, 9.17) is 13.9 Å². The molecule has 1 N–H and O–H groups in total. The molecule has 1 aromatic carbocycles. The van der Waals surface area contributed by atoms with Crippen molar-refractivity contribution in [2.75, 3.05) is 7.11 Å². The average molecular weight is 289 g/mol. The number of furan rings is 1. The van der Waals surface area contributed by atoms with Crippen molar-refractivity contribution in [2.45, 2.75) is 26.0 Å². The van der Waals surface area contributed by atoms with Gasteiger partial charge in [0.1, 0.15) is 5.76 Å². The van der Waals surface area contributed by atoms with Gasteiger partial charge in [-0.2, -0.15) is 0 Å². The van der Waals surface area contributed by atoms with Crippen molar-refractivity contribution >= 4 is 5.91 Å². The Morgan fingerprint density at radius 3 is 2.62 bits per heavy atom. The van der Waals surface area contributed by atoms with E-state index >= 15 is 0 Å². The van der Waals surface area contributed by atoms with Gasteiger partial charge >= 0.3 is 0 Å². The lowest BCUT2D eigenvalue weighted by Crippen LogP contribution is -2.37. The topological polar surface area (TPSA) is 60.7 Å². The van der Waals surface area contributed by atoms with Crippen LogP contribution in [0.3, 0.4) is 0 Å². The van der Waals surface area contributed by atoms with Crippen LogP contribution in [-0.2, 0) is 11.3 Å². The van der Waals surface area contributed by atoms with Crippen molar-refractivity contribution in [2.24, 2.45) is 0 Å². The maximum atomic E-state index is 12.2. The number of hydrogen-bond donors (Lipinski definition) is 1. The predicted octanol–water partition coefficient (Wildman–Crippen LogP) is 2.76. The van der Waals surface area contributed by atoms with Gasteiger partial charge in [0.05, 0.1) is 19.9 Å². The van der Waals surface area contributed by atoms with Gasteiger partial charge in [-0.3, -0.25) is 4.79 Å². The first kappa shape index (κ1) is 15.0. The quantitative estimate of drug-likeness (QED) is 0.851. The fourth-order valence-electron chi connectivity index (χ4n) is 1.89. The van der Waals surface area contributed by atoms with Gasteiger partial charge in [-0.1, -0.05) is 19.1 Å². The predicted molar refractivity (Wildman–Crippen MR) is 78.3 cm³/mol. The minimum Gasteiger partial charge on any atom is -0.493 e. The fourth-order valence-corrected chi connectivity index (χ4v) is 1.89. The summed E-state index contributed by atoms with van der Waals surface area (Å²) in [5.41, 5.74) is 0. The first-order valence-corrected chi connectivity index (χ1v) is 6.84. The molecule has 0 saturated heterocycles. The van der Waals surface area contributed by atoms with Gasteiger partial charge in [0.25, 0.3) is 5.91 Å². The number of benzene rings is 1. The number of hydrogen-bond acceptors (Lipinski definition) is 4. The van der Waals surface area contributed by atoms with E-state index in [9.17, 15) is 4.79 Å². The van der Waals surface area contributed by atoms with Gasteiger partial charge in [0.15, 0.2) is 17.6 Å². The molecule has 5 nitrogen and oxygen atoms in total. The molecule has 112 valence electrons. The normalized spacial score (nSPS) is 11.7. The van der Waals surface area contributed by atoms with Crippen LogP contribution in [0.1, 0.15) is 19.1 Å². The summed E-state index contributed by atoms with van der Waals surface area (Å²) in [7, 11) is 1.57. The second-order valence-electron chi connectivity index (χ2n) is 4.46. The van der Waals surface area contributed by atoms with Crippen molar-refractivity contribution in [3.63, 3.8) is 0 Å². The van der Waals surface area contributed by atoms with Crippen LogP contribution in [-0.4, -0.2) is 19.1 Å². The highest BCUT2D eigenvalue weighted by atomic mass is 16.5. The number of rotatable bonds is 7. The van der Waals surface area contributed by atoms with Crippen LogP contribution >= 0.6 is 0 Å². The van der Waals surface area contributed by atoms with Gasteiger partial charge in [0, 0.05) is 0 Å². The van der Waals surface area contributed by atoms with Gasteiger partial charge in [0.2, 0.25) is 0 Å². The highest BCUT2D eigenvalue weighted by Gasteiger charge is 2.19. The Labute approximate surface area is 123 Å². The highest BCUT2D eigenvalue weighted by molar-refractivity contribution is 5.81. The van der Waals surface area contributed by atoms with Crippen LogP contribution in [0.25, 0.3) is 0 Å². The zero-order chi connectivity index (χ0) is 15.1. The van der Waals surface area contributed by atoms with Crippen molar-refractivity contribution in [3.8, 4) is 11.5 Å². The van der Waals surface area contributed by atoms with E-state index in [0.717, 1.165) is 0 Å². The first-order chi connectivity index (χ1) is 10.2. The molecule has 1 aromatic heterocycles. The second kappa shape index (κ2) is 7.38. The standard InChI is InChI=1S/C16H19NO4/c1-3-13(16(18)17-11-12-7-6-10-20-12)21-15-9-5-4-8-14(15)19-2/h4-10,13H,3,11H2,1-2H3,(H,17,18)/t13-/m1/s1. The lowest BCUT2D eigenvalue weighted by atomic mass is 10.2. The van der Waals surface area contributed by atoms with Crippen LogP contribution in [0.5, 0.6) is 11.5 Å². The molecule has 2 aromatic rings. The summed E-state index contributed by atoms with van der Waals surface area (Å²) in [5, 5.41) is 2.80. The van der Waals surface area contributed by atoms with Crippen molar-refractivity contribution in [3.05, 3.63) is 48.4 Å². The molecule has 0 aliphatic carbocycles. The number of amides is 1. The SMILES string of the molecule is CC[C@@H](Oc1ccccc1OC)C(=O)NCc1ccco1. The van der Waals surface area contributed by atoms with Crippen LogP contribution in [0.4, 0.5) is 0 Å². The third-order valence-electron chi connectivity index (χ3n) is 3.02. The summed E-state index contributed by atoms with van der Waals surface area (Å²) in [4.78, 5) is 12.2. The van der Waals surface area contributed by atoms with E-state index in [-0.39, 0.29) is 5.91 Å². The van der Waals surface area contributed by atoms with E-state index in [1.54, 1.807) is 31.6 Å². The zero-order valence-electron chi connectivity index (χ0n) is 12.2. The summed E-state index contributed by atoms with van der Waals surface area (Å²) in [6.07, 6.45) is 1.56. The van der Waals surface area contributed by atoms with Crippen molar-refractivity contribution in [1.82, 2.24) is 5.32 Å². The van der Waals surface area contributed by atoms with Crippen LogP contribution in [0.2, 0.25) is 0 Å². The Bertz CT molecular complexity index is 565. The molecule has 0 fully saturated rings. The number of carbonyl (C=O) groups excluding carboxylic acids is 1. The molecule has 21 heavy (non-hydrogen) atoms. The lowest BCUT2D eigenvalue weighted by molar-refractivity contribution is -0.128. The van der Waals surface area contributed by atoms with Crippen LogP contribution in [0, 0.1) is 0 Å². The monoisotopic (exact) mass is 289 g/mol. The highest BCUT2D eigenvalue weighted by Crippen LogP contribution is 2.27. The van der Waals surface area contributed by atoms with Crippen LogP contribution in [0.15, 0.2) is 47.1 Å². The molecular weight excluding hydrogens is 270 g/mol. The number of ether oxygens (including phenoxy) is 2. The Balaban J connectivity index is 1.97. The molecule has 0 unspecified atom stereocenters. The van der Waals surface area contributed by atoms with Crippen molar-refractivity contribution in [1.29, 1.82) is 0 Å². The van der Waals surface area contributed by atoms with E-state index < -0.39 is 6.10 Å². The largest absolute Gasteiger partial charge is 0.493 e. The fraction of sp³-hybridized carbons (Fsp3) is 0.312. The molecule has 0 spiro atoms. The molecule has 0 radical (unpaired) electrons. The summed E-state index contributed by atoms with van der Waals surface area (Å²) in [6, 6.07) is 10.9. The van der Waals surface area contributed by atoms with E-state index in [0.29, 0.717) is 30.2 Å². The van der Waals surface area contributed by atoms with Crippen molar-refractivity contribution < 1.29 is 18.7 Å². The smallest absolute Gasteiger partial charge is 0.261 e. The summed E-state index contributed by atoms with van der Waals surface area (Å²) in [5.74, 6) is 1.69. The minimum atomic E-state index is -0.573. The zero-order valence-corrected chi connectivity index (χ0v) is 12.2. The number of para-hydroxylation sites is 2. The van der Waals surface area contributed by atoms with Gasteiger partial charge < -0.3 is 19.2 Å². The Morgan fingerprint density at radius 1 is 1.24 bits per heavy atom.